The second kappa shape index (κ2) is 8.21. The Hall–Kier alpha value is -2.56. The number of carbonyl (C=O) groups is 1. The van der Waals surface area contributed by atoms with Crippen LogP contribution in [0.1, 0.15) is 5.56 Å². The number of likely N-dealkylation sites (N-methyl/N-ethyl adjacent to an activating group) is 1. The van der Waals surface area contributed by atoms with Gasteiger partial charge in [0.15, 0.2) is 0 Å². The van der Waals surface area contributed by atoms with Gasteiger partial charge in [-0.1, -0.05) is 41.9 Å². The van der Waals surface area contributed by atoms with Gasteiger partial charge in [0.1, 0.15) is 5.75 Å². The van der Waals surface area contributed by atoms with E-state index in [0.717, 1.165) is 22.1 Å². The van der Waals surface area contributed by atoms with Crippen LogP contribution in [0.15, 0.2) is 60.7 Å². The summed E-state index contributed by atoms with van der Waals surface area (Å²) in [6.45, 7) is 0.962. The van der Waals surface area contributed by atoms with Crippen molar-refractivity contribution in [2.75, 3.05) is 26.0 Å². The summed E-state index contributed by atoms with van der Waals surface area (Å²) < 4.78 is 5.26. The lowest BCUT2D eigenvalue weighted by atomic mass is 10.1. The maximum Gasteiger partial charge on any atom is 0.238 e. The first-order valence-corrected chi connectivity index (χ1v) is 8.72. The molecule has 0 heterocycles. The molecule has 4 nitrogen and oxygen atoms in total. The molecule has 0 unspecified atom stereocenters. The van der Waals surface area contributed by atoms with Crippen LogP contribution in [0.5, 0.6) is 5.75 Å². The highest BCUT2D eigenvalue weighted by atomic mass is 35.5. The number of rotatable bonds is 6. The summed E-state index contributed by atoms with van der Waals surface area (Å²) in [7, 11) is 3.59. The Bertz CT molecular complexity index is 927. The summed E-state index contributed by atoms with van der Waals surface area (Å²) in [6.07, 6.45) is 0. The number of para-hydroxylation sites is 1. The molecule has 3 aromatic carbocycles. The number of amides is 1. The molecular weight excluding hydrogens is 348 g/mol. The fraction of sp³-hybridized carbons (Fsp3) is 0.190. The molecule has 0 atom stereocenters. The van der Waals surface area contributed by atoms with Crippen molar-refractivity contribution >= 4 is 34.0 Å². The van der Waals surface area contributed by atoms with Crippen LogP contribution >= 0.6 is 11.6 Å². The Morgan fingerprint density at radius 1 is 1.08 bits per heavy atom. The summed E-state index contributed by atoms with van der Waals surface area (Å²) in [5.41, 5.74) is 1.78. The lowest BCUT2D eigenvalue weighted by Gasteiger charge is -2.17. The average molecular weight is 369 g/mol. The molecule has 134 valence electrons. The van der Waals surface area contributed by atoms with Crippen molar-refractivity contribution in [3.63, 3.8) is 0 Å². The van der Waals surface area contributed by atoms with E-state index in [0.29, 0.717) is 17.3 Å². The minimum absolute atomic E-state index is 0.0916. The van der Waals surface area contributed by atoms with Crippen molar-refractivity contribution in [1.29, 1.82) is 0 Å². The Kier molecular flexibility index (Phi) is 5.76. The Labute approximate surface area is 158 Å². The second-order valence-electron chi connectivity index (χ2n) is 6.25. The molecule has 5 heteroatoms. The van der Waals surface area contributed by atoms with Gasteiger partial charge in [0.05, 0.1) is 24.4 Å². The third kappa shape index (κ3) is 4.54. The molecule has 3 rings (SSSR count). The van der Waals surface area contributed by atoms with Gasteiger partial charge in [0.2, 0.25) is 5.91 Å². The highest BCUT2D eigenvalue weighted by Gasteiger charge is 2.09. The van der Waals surface area contributed by atoms with E-state index in [9.17, 15) is 4.79 Å². The summed E-state index contributed by atoms with van der Waals surface area (Å²) in [4.78, 5) is 14.2. The van der Waals surface area contributed by atoms with E-state index in [1.165, 1.54) is 0 Å². The molecule has 0 aliphatic heterocycles. The van der Waals surface area contributed by atoms with Gasteiger partial charge >= 0.3 is 0 Å². The first kappa shape index (κ1) is 18.2. The smallest absolute Gasteiger partial charge is 0.238 e. The molecule has 0 aromatic heterocycles. The number of nitrogens with one attached hydrogen (secondary N) is 1. The minimum Gasteiger partial charge on any atom is -0.497 e. The summed E-state index contributed by atoms with van der Waals surface area (Å²) in [5, 5.41) is 5.66. The molecule has 0 fully saturated rings. The summed E-state index contributed by atoms with van der Waals surface area (Å²) in [6, 6.07) is 19.5. The first-order valence-electron chi connectivity index (χ1n) is 8.35. The number of nitrogens with zero attached hydrogens (tertiary/aromatic N) is 1. The van der Waals surface area contributed by atoms with Crippen LogP contribution in [0.3, 0.4) is 0 Å². The highest BCUT2D eigenvalue weighted by Crippen LogP contribution is 2.23. The molecule has 0 bridgehead atoms. The van der Waals surface area contributed by atoms with Gasteiger partial charge in [-0.25, -0.2) is 0 Å². The van der Waals surface area contributed by atoms with Crippen LogP contribution in [-0.4, -0.2) is 31.5 Å². The number of carbonyl (C=O) groups excluding carboxylic acids is 1. The third-order valence-corrected chi connectivity index (χ3v) is 4.46. The zero-order valence-corrected chi connectivity index (χ0v) is 15.6. The zero-order chi connectivity index (χ0) is 18.5. The standard InChI is InChI=1S/C21H21ClN2O2/c1-24(14-21(25)23-20-6-4-3-5-19(20)22)13-15-7-8-17-12-18(26-2)10-9-16(17)11-15/h3-12H,13-14H2,1-2H3,(H,23,25). The van der Waals surface area contributed by atoms with Gasteiger partial charge in [0, 0.05) is 6.54 Å². The number of ether oxygens (including phenoxy) is 1. The first-order chi connectivity index (χ1) is 12.5. The maximum absolute atomic E-state index is 12.2. The number of methoxy groups -OCH3 is 1. The molecule has 26 heavy (non-hydrogen) atoms. The maximum atomic E-state index is 12.2. The van der Waals surface area contributed by atoms with E-state index >= 15 is 0 Å². The van der Waals surface area contributed by atoms with Crippen molar-refractivity contribution in [3.05, 3.63) is 71.2 Å². The Balaban J connectivity index is 1.62. The number of benzene rings is 3. The van der Waals surface area contributed by atoms with E-state index in [1.54, 1.807) is 19.2 Å². The molecule has 1 amide bonds. The van der Waals surface area contributed by atoms with Crippen LogP contribution in [0, 0.1) is 0 Å². The Morgan fingerprint density at radius 3 is 2.58 bits per heavy atom. The topological polar surface area (TPSA) is 41.6 Å². The van der Waals surface area contributed by atoms with Gasteiger partial charge in [-0.3, -0.25) is 9.69 Å². The molecule has 0 radical (unpaired) electrons. The van der Waals surface area contributed by atoms with Gasteiger partial charge in [0.25, 0.3) is 0 Å². The number of fused-ring (bicyclic) bond motifs is 1. The molecule has 0 aliphatic carbocycles. The number of anilines is 1. The molecule has 0 spiro atoms. The molecule has 3 aromatic rings. The molecule has 0 saturated carbocycles. The van der Waals surface area contributed by atoms with Crippen molar-refractivity contribution in [2.45, 2.75) is 6.54 Å². The average Bonchev–Trinajstić information content (AvgIpc) is 2.63. The lowest BCUT2D eigenvalue weighted by Crippen LogP contribution is -2.29. The molecule has 1 N–H and O–H groups in total. The largest absolute Gasteiger partial charge is 0.497 e. The SMILES string of the molecule is COc1ccc2cc(CN(C)CC(=O)Nc3ccccc3Cl)ccc2c1. The van der Waals surface area contributed by atoms with Crippen molar-refractivity contribution in [3.8, 4) is 5.75 Å². The van der Waals surface area contributed by atoms with Gasteiger partial charge in [-0.2, -0.15) is 0 Å². The third-order valence-electron chi connectivity index (χ3n) is 4.13. The summed E-state index contributed by atoms with van der Waals surface area (Å²) in [5.74, 6) is 0.754. The number of hydrogen-bond donors (Lipinski definition) is 1. The monoisotopic (exact) mass is 368 g/mol. The van der Waals surface area contributed by atoms with Gasteiger partial charge in [-0.15, -0.1) is 0 Å². The van der Waals surface area contributed by atoms with Gasteiger partial charge in [-0.05, 0) is 53.7 Å². The number of hydrogen-bond acceptors (Lipinski definition) is 3. The predicted molar refractivity (Wildman–Crippen MR) is 107 cm³/mol. The van der Waals surface area contributed by atoms with E-state index in [1.807, 2.05) is 42.3 Å². The van der Waals surface area contributed by atoms with E-state index in [4.69, 9.17) is 16.3 Å². The van der Waals surface area contributed by atoms with Crippen LogP contribution in [0.2, 0.25) is 5.02 Å². The minimum atomic E-state index is -0.0916. The normalized spacial score (nSPS) is 10.9. The summed E-state index contributed by atoms with van der Waals surface area (Å²) >= 11 is 6.07. The van der Waals surface area contributed by atoms with Crippen LogP contribution in [-0.2, 0) is 11.3 Å². The molecule has 0 saturated heterocycles. The second-order valence-corrected chi connectivity index (χ2v) is 6.65. The zero-order valence-electron chi connectivity index (χ0n) is 14.8. The highest BCUT2D eigenvalue weighted by molar-refractivity contribution is 6.33. The van der Waals surface area contributed by atoms with Crippen molar-refractivity contribution < 1.29 is 9.53 Å². The lowest BCUT2D eigenvalue weighted by molar-refractivity contribution is -0.117. The van der Waals surface area contributed by atoms with E-state index in [2.05, 4.69) is 23.5 Å². The fourth-order valence-corrected chi connectivity index (χ4v) is 3.05. The van der Waals surface area contributed by atoms with Gasteiger partial charge < -0.3 is 10.1 Å². The van der Waals surface area contributed by atoms with Crippen molar-refractivity contribution in [1.82, 2.24) is 4.90 Å². The van der Waals surface area contributed by atoms with Crippen LogP contribution in [0.25, 0.3) is 10.8 Å². The van der Waals surface area contributed by atoms with Crippen LogP contribution < -0.4 is 10.1 Å². The fourth-order valence-electron chi connectivity index (χ4n) is 2.86. The van der Waals surface area contributed by atoms with E-state index in [-0.39, 0.29) is 12.5 Å². The van der Waals surface area contributed by atoms with E-state index < -0.39 is 0 Å². The van der Waals surface area contributed by atoms with Crippen molar-refractivity contribution in [2.24, 2.45) is 0 Å². The number of halogens is 1. The molecule has 0 aliphatic rings. The Morgan fingerprint density at radius 2 is 1.81 bits per heavy atom. The van der Waals surface area contributed by atoms with Crippen LogP contribution in [0.4, 0.5) is 5.69 Å². The quantitative estimate of drug-likeness (QED) is 0.692. The molecular formula is C21H21ClN2O2. The predicted octanol–water partition coefficient (Wildman–Crippen LogP) is 4.57.